The molecule has 1 amide bonds. The number of aromatic nitrogens is 2. The summed E-state index contributed by atoms with van der Waals surface area (Å²) >= 11 is 6.34. The minimum atomic E-state index is -0.220. The number of carbonyl (C=O) groups excluding carboxylic acids is 1. The number of anilines is 1. The summed E-state index contributed by atoms with van der Waals surface area (Å²) in [6.07, 6.45) is 3.73. The van der Waals surface area contributed by atoms with E-state index < -0.39 is 0 Å². The lowest BCUT2D eigenvalue weighted by Crippen LogP contribution is -2.32. The van der Waals surface area contributed by atoms with E-state index >= 15 is 0 Å². The normalized spacial score (nSPS) is 20.0. The van der Waals surface area contributed by atoms with Crippen LogP contribution in [0.2, 0.25) is 5.02 Å². The molecule has 0 unspecified atom stereocenters. The van der Waals surface area contributed by atoms with Crippen LogP contribution in [0.15, 0.2) is 30.6 Å². The quantitative estimate of drug-likeness (QED) is 0.923. The number of halogens is 1. The molecule has 0 saturated carbocycles. The Morgan fingerprint density at radius 2 is 2.25 bits per heavy atom. The second-order valence-electron chi connectivity index (χ2n) is 5.93. The number of nitrogens with one attached hydrogen (secondary N) is 1. The molecule has 0 spiro atoms. The monoisotopic (exact) mass is 343 g/mol. The van der Waals surface area contributed by atoms with Crippen LogP contribution >= 0.6 is 11.6 Å². The van der Waals surface area contributed by atoms with E-state index in [1.54, 1.807) is 36.1 Å². The van der Waals surface area contributed by atoms with Crippen molar-refractivity contribution in [3.63, 3.8) is 0 Å². The smallest absolute Gasteiger partial charge is 0.225 e. The minimum Gasteiger partial charge on any atom is -0.368 e. The molecule has 1 aliphatic heterocycles. The van der Waals surface area contributed by atoms with Crippen molar-refractivity contribution in [2.75, 3.05) is 25.0 Å². The van der Waals surface area contributed by atoms with E-state index in [0.717, 1.165) is 5.56 Å². The summed E-state index contributed by atoms with van der Waals surface area (Å²) in [5.41, 5.74) is 2.23. The summed E-state index contributed by atoms with van der Waals surface area (Å²) in [4.78, 5) is 14.4. The lowest BCUT2D eigenvalue weighted by atomic mass is 9.90. The first-order chi connectivity index (χ1) is 11.5. The standard InChI is InChI=1S/C17H18ClN5O/c1-20-17(24)14-10-23(9-13(14)12-7-21-22(2)8-12)16-11(6-19)4-3-5-15(16)18/h3-5,7-8,13-14H,9-10H2,1-2H3,(H,20,24)/t13-,14+/m1/s1. The van der Waals surface area contributed by atoms with Gasteiger partial charge in [-0.3, -0.25) is 9.48 Å². The Bertz CT molecular complexity index is 810. The molecule has 1 N–H and O–H groups in total. The number of aryl methyl sites for hydroxylation is 1. The van der Waals surface area contributed by atoms with Crippen molar-refractivity contribution < 1.29 is 4.79 Å². The lowest BCUT2D eigenvalue weighted by Gasteiger charge is -2.21. The average molecular weight is 344 g/mol. The van der Waals surface area contributed by atoms with Crippen molar-refractivity contribution in [1.82, 2.24) is 15.1 Å². The number of para-hydroxylation sites is 1. The van der Waals surface area contributed by atoms with Crippen LogP contribution in [0.3, 0.4) is 0 Å². The van der Waals surface area contributed by atoms with Gasteiger partial charge in [-0.15, -0.1) is 0 Å². The zero-order valence-electron chi connectivity index (χ0n) is 13.5. The molecule has 2 atom stereocenters. The van der Waals surface area contributed by atoms with E-state index in [-0.39, 0.29) is 17.7 Å². The Kier molecular flexibility index (Phi) is 4.45. The average Bonchev–Trinajstić information content (AvgIpc) is 3.20. The first-order valence-electron chi connectivity index (χ1n) is 7.68. The van der Waals surface area contributed by atoms with Crippen LogP contribution < -0.4 is 10.2 Å². The van der Waals surface area contributed by atoms with Crippen LogP contribution in [0.1, 0.15) is 17.0 Å². The van der Waals surface area contributed by atoms with Crippen LogP contribution in [0.5, 0.6) is 0 Å². The molecule has 0 bridgehead atoms. The Morgan fingerprint density at radius 1 is 1.46 bits per heavy atom. The molecule has 2 heterocycles. The second kappa shape index (κ2) is 6.54. The molecule has 0 radical (unpaired) electrons. The molecule has 1 aromatic carbocycles. The van der Waals surface area contributed by atoms with Gasteiger partial charge in [0, 0.05) is 39.3 Å². The Labute approximate surface area is 145 Å². The Morgan fingerprint density at radius 3 is 2.88 bits per heavy atom. The minimum absolute atomic E-state index is 0.00136. The van der Waals surface area contributed by atoms with Gasteiger partial charge in [-0.2, -0.15) is 10.4 Å². The highest BCUT2D eigenvalue weighted by molar-refractivity contribution is 6.33. The lowest BCUT2D eigenvalue weighted by molar-refractivity contribution is -0.124. The predicted molar refractivity (Wildman–Crippen MR) is 91.9 cm³/mol. The number of benzene rings is 1. The maximum Gasteiger partial charge on any atom is 0.225 e. The van der Waals surface area contributed by atoms with Gasteiger partial charge in [0.25, 0.3) is 0 Å². The van der Waals surface area contributed by atoms with Gasteiger partial charge in [-0.1, -0.05) is 17.7 Å². The molecule has 3 rings (SSSR count). The molecule has 1 aliphatic rings. The SMILES string of the molecule is CNC(=O)[C@H]1CN(c2c(Cl)cccc2C#N)C[C@@H]1c1cnn(C)c1. The zero-order valence-corrected chi connectivity index (χ0v) is 14.3. The van der Waals surface area contributed by atoms with Gasteiger partial charge in [0.1, 0.15) is 6.07 Å². The van der Waals surface area contributed by atoms with Crippen molar-refractivity contribution in [1.29, 1.82) is 5.26 Å². The van der Waals surface area contributed by atoms with E-state index in [1.165, 1.54) is 0 Å². The summed E-state index contributed by atoms with van der Waals surface area (Å²) in [6, 6.07) is 7.46. The van der Waals surface area contributed by atoms with Crippen LogP contribution in [-0.2, 0) is 11.8 Å². The highest BCUT2D eigenvalue weighted by atomic mass is 35.5. The van der Waals surface area contributed by atoms with Crippen molar-refractivity contribution in [3.05, 3.63) is 46.7 Å². The highest BCUT2D eigenvalue weighted by Gasteiger charge is 2.40. The fraction of sp³-hybridized carbons (Fsp3) is 0.353. The third kappa shape index (κ3) is 2.83. The molecule has 24 heavy (non-hydrogen) atoms. The Balaban J connectivity index is 1.99. The highest BCUT2D eigenvalue weighted by Crippen LogP contribution is 2.39. The summed E-state index contributed by atoms with van der Waals surface area (Å²) in [7, 11) is 3.49. The fourth-order valence-electron chi connectivity index (χ4n) is 3.33. The van der Waals surface area contributed by atoms with Gasteiger partial charge < -0.3 is 10.2 Å². The molecule has 0 aliphatic carbocycles. The fourth-order valence-corrected chi connectivity index (χ4v) is 3.63. The molecular weight excluding hydrogens is 326 g/mol. The number of rotatable bonds is 3. The maximum atomic E-state index is 12.4. The van der Waals surface area contributed by atoms with E-state index in [0.29, 0.717) is 29.4 Å². The van der Waals surface area contributed by atoms with Crippen molar-refractivity contribution in [3.8, 4) is 6.07 Å². The molecule has 124 valence electrons. The van der Waals surface area contributed by atoms with E-state index in [2.05, 4.69) is 16.5 Å². The Hall–Kier alpha value is -2.52. The maximum absolute atomic E-state index is 12.4. The van der Waals surface area contributed by atoms with Crippen LogP contribution in [0, 0.1) is 17.2 Å². The van der Waals surface area contributed by atoms with Crippen LogP contribution in [-0.4, -0.2) is 35.8 Å². The van der Waals surface area contributed by atoms with Gasteiger partial charge in [0.15, 0.2) is 0 Å². The number of hydrogen-bond acceptors (Lipinski definition) is 4. The van der Waals surface area contributed by atoms with Gasteiger partial charge in [-0.25, -0.2) is 0 Å². The van der Waals surface area contributed by atoms with Crippen molar-refractivity contribution in [2.45, 2.75) is 5.92 Å². The topological polar surface area (TPSA) is 74.0 Å². The molecule has 1 aromatic heterocycles. The van der Waals surface area contributed by atoms with Crippen LogP contribution in [0.25, 0.3) is 0 Å². The van der Waals surface area contributed by atoms with E-state index in [1.807, 2.05) is 18.1 Å². The number of carbonyl (C=O) groups is 1. The van der Waals surface area contributed by atoms with Gasteiger partial charge in [-0.05, 0) is 17.7 Å². The van der Waals surface area contributed by atoms with Gasteiger partial charge >= 0.3 is 0 Å². The van der Waals surface area contributed by atoms with Gasteiger partial charge in [0.05, 0.1) is 28.4 Å². The summed E-state index contributed by atoms with van der Waals surface area (Å²) in [6.45, 7) is 1.12. The first kappa shape index (κ1) is 16.3. The van der Waals surface area contributed by atoms with Crippen LogP contribution in [0.4, 0.5) is 5.69 Å². The third-order valence-corrected chi connectivity index (χ3v) is 4.78. The third-order valence-electron chi connectivity index (χ3n) is 4.48. The number of nitrogens with zero attached hydrogens (tertiary/aromatic N) is 4. The second-order valence-corrected chi connectivity index (χ2v) is 6.33. The summed E-state index contributed by atoms with van der Waals surface area (Å²) in [5, 5.41) is 16.9. The van der Waals surface area contributed by atoms with E-state index in [4.69, 9.17) is 11.6 Å². The number of amides is 1. The number of nitriles is 1. The molecular formula is C17H18ClN5O. The first-order valence-corrected chi connectivity index (χ1v) is 8.06. The predicted octanol–water partition coefficient (Wildman–Crippen LogP) is 1.91. The number of hydrogen-bond donors (Lipinski definition) is 1. The van der Waals surface area contributed by atoms with Crippen molar-refractivity contribution >= 4 is 23.2 Å². The molecule has 2 aromatic rings. The van der Waals surface area contributed by atoms with E-state index in [9.17, 15) is 10.1 Å². The summed E-state index contributed by atoms with van der Waals surface area (Å²) in [5.74, 6) is -0.236. The molecule has 7 heteroatoms. The van der Waals surface area contributed by atoms with Crippen molar-refractivity contribution in [2.24, 2.45) is 13.0 Å². The molecule has 1 saturated heterocycles. The van der Waals surface area contributed by atoms with Gasteiger partial charge in [0.2, 0.25) is 5.91 Å². The summed E-state index contributed by atoms with van der Waals surface area (Å²) < 4.78 is 1.73. The molecule has 1 fully saturated rings. The largest absolute Gasteiger partial charge is 0.368 e. The zero-order chi connectivity index (χ0) is 17.3. The molecule has 6 nitrogen and oxygen atoms in total.